The van der Waals surface area contributed by atoms with E-state index in [1.54, 1.807) is 11.3 Å². The summed E-state index contributed by atoms with van der Waals surface area (Å²) >= 11 is 1.63. The smallest absolute Gasteiger partial charge is 0.158 e. The molecule has 1 atom stereocenters. The molecule has 0 amide bonds. The van der Waals surface area contributed by atoms with Crippen LogP contribution >= 0.6 is 11.3 Å². The van der Waals surface area contributed by atoms with Gasteiger partial charge in [0.25, 0.3) is 0 Å². The topological polar surface area (TPSA) is 56.3 Å². The van der Waals surface area contributed by atoms with E-state index in [1.165, 1.54) is 0 Å². The van der Waals surface area contributed by atoms with Crippen LogP contribution in [0, 0.1) is 0 Å². The molecule has 2 aromatic rings. The van der Waals surface area contributed by atoms with Gasteiger partial charge in [0.1, 0.15) is 17.3 Å². The molecule has 0 saturated carbocycles. The van der Waals surface area contributed by atoms with Crippen LogP contribution in [0.3, 0.4) is 0 Å². The number of ether oxygens (including phenoxy) is 2. The Morgan fingerprint density at radius 2 is 2.47 bits per heavy atom. The maximum atomic E-state index is 5.77. The van der Waals surface area contributed by atoms with Crippen molar-refractivity contribution in [2.24, 2.45) is 0 Å². The van der Waals surface area contributed by atoms with Crippen LogP contribution in [0.2, 0.25) is 0 Å². The van der Waals surface area contributed by atoms with Gasteiger partial charge in [0, 0.05) is 13.2 Å². The van der Waals surface area contributed by atoms with Crippen LogP contribution in [0.4, 0.5) is 5.82 Å². The molecule has 1 fully saturated rings. The Morgan fingerprint density at radius 1 is 1.53 bits per heavy atom. The van der Waals surface area contributed by atoms with Gasteiger partial charge >= 0.3 is 0 Å². The molecular weight excluding hydrogens is 262 g/mol. The second-order valence-electron chi connectivity index (χ2n) is 4.45. The van der Waals surface area contributed by atoms with Gasteiger partial charge in [0.15, 0.2) is 5.82 Å². The Bertz CT molecular complexity index is 552. The van der Waals surface area contributed by atoms with Gasteiger partial charge < -0.3 is 14.8 Å². The third-order valence-corrected chi connectivity index (χ3v) is 3.86. The Hall–Kier alpha value is -1.24. The molecule has 19 heavy (non-hydrogen) atoms. The van der Waals surface area contributed by atoms with Gasteiger partial charge in [-0.1, -0.05) is 0 Å². The van der Waals surface area contributed by atoms with E-state index in [1.807, 2.05) is 11.4 Å². The van der Waals surface area contributed by atoms with Crippen molar-refractivity contribution >= 4 is 27.4 Å². The fourth-order valence-corrected chi connectivity index (χ4v) is 2.89. The number of hydrogen-bond acceptors (Lipinski definition) is 6. The minimum absolute atomic E-state index is 0.185. The number of nitrogens with zero attached hydrogens (tertiary/aromatic N) is 2. The molecule has 3 rings (SSSR count). The molecule has 0 aliphatic carbocycles. The number of hydrogen-bond donors (Lipinski definition) is 1. The standard InChI is InChI=1S/C13H17N3O2S/c1-2-14-12-10-4-6-19-13(10)16-11(15-12)8-18-9-3-5-17-7-9/h4,6,9H,2-3,5,7-8H2,1H3,(H,14,15,16). The number of nitrogens with one attached hydrogen (secondary N) is 1. The summed E-state index contributed by atoms with van der Waals surface area (Å²) in [6.07, 6.45) is 1.15. The average molecular weight is 279 g/mol. The summed E-state index contributed by atoms with van der Waals surface area (Å²) in [6.45, 7) is 4.82. The normalized spacial score (nSPS) is 19.1. The fraction of sp³-hybridized carbons (Fsp3) is 0.538. The quantitative estimate of drug-likeness (QED) is 0.911. The zero-order chi connectivity index (χ0) is 13.1. The Kier molecular flexibility index (Phi) is 3.91. The third kappa shape index (κ3) is 2.86. The van der Waals surface area contributed by atoms with Crippen molar-refractivity contribution in [1.29, 1.82) is 0 Å². The molecule has 3 heterocycles. The molecule has 2 aromatic heterocycles. The molecule has 0 aromatic carbocycles. The lowest BCUT2D eigenvalue weighted by atomic mass is 10.3. The van der Waals surface area contributed by atoms with Crippen LogP contribution in [0.25, 0.3) is 10.2 Å². The van der Waals surface area contributed by atoms with E-state index in [4.69, 9.17) is 9.47 Å². The van der Waals surface area contributed by atoms with Crippen molar-refractivity contribution in [2.45, 2.75) is 26.1 Å². The lowest BCUT2D eigenvalue weighted by molar-refractivity contribution is 0.0286. The average Bonchev–Trinajstić information content (AvgIpc) is 3.08. The van der Waals surface area contributed by atoms with Crippen molar-refractivity contribution in [3.8, 4) is 0 Å². The molecule has 1 aliphatic rings. The third-order valence-electron chi connectivity index (χ3n) is 3.05. The van der Waals surface area contributed by atoms with E-state index in [2.05, 4.69) is 22.2 Å². The zero-order valence-corrected chi connectivity index (χ0v) is 11.7. The highest BCUT2D eigenvalue weighted by Crippen LogP contribution is 2.25. The molecule has 0 bridgehead atoms. The second-order valence-corrected chi connectivity index (χ2v) is 5.35. The predicted molar refractivity (Wildman–Crippen MR) is 75.6 cm³/mol. The van der Waals surface area contributed by atoms with Crippen LogP contribution < -0.4 is 5.32 Å². The van der Waals surface area contributed by atoms with Crippen LogP contribution in [0.5, 0.6) is 0 Å². The highest BCUT2D eigenvalue weighted by atomic mass is 32.1. The Labute approximate surface area is 116 Å². The lowest BCUT2D eigenvalue weighted by Crippen LogP contribution is -2.13. The molecule has 1 unspecified atom stereocenters. The first-order valence-electron chi connectivity index (χ1n) is 6.54. The van der Waals surface area contributed by atoms with Gasteiger partial charge in [-0.25, -0.2) is 9.97 Å². The summed E-state index contributed by atoms with van der Waals surface area (Å²) in [5.74, 6) is 1.63. The summed E-state index contributed by atoms with van der Waals surface area (Å²) in [7, 11) is 0. The van der Waals surface area contributed by atoms with E-state index >= 15 is 0 Å². The second kappa shape index (κ2) is 5.81. The van der Waals surface area contributed by atoms with E-state index in [0.717, 1.165) is 41.4 Å². The summed E-state index contributed by atoms with van der Waals surface area (Å²) in [5.41, 5.74) is 0. The van der Waals surface area contributed by atoms with E-state index in [0.29, 0.717) is 13.2 Å². The first kappa shape index (κ1) is 12.8. The van der Waals surface area contributed by atoms with Crippen molar-refractivity contribution in [2.75, 3.05) is 25.1 Å². The summed E-state index contributed by atoms with van der Waals surface area (Å²) in [5, 5.41) is 6.40. The monoisotopic (exact) mass is 279 g/mol. The van der Waals surface area contributed by atoms with Gasteiger partial charge in [0.2, 0.25) is 0 Å². The van der Waals surface area contributed by atoms with E-state index in [9.17, 15) is 0 Å². The zero-order valence-electron chi connectivity index (χ0n) is 10.9. The Balaban J connectivity index is 1.78. The largest absolute Gasteiger partial charge is 0.379 e. The van der Waals surface area contributed by atoms with Crippen molar-refractivity contribution in [1.82, 2.24) is 9.97 Å². The molecule has 1 aliphatic heterocycles. The molecule has 5 nitrogen and oxygen atoms in total. The number of thiophene rings is 1. The number of rotatable bonds is 5. The maximum absolute atomic E-state index is 5.77. The maximum Gasteiger partial charge on any atom is 0.158 e. The Morgan fingerprint density at radius 3 is 3.26 bits per heavy atom. The van der Waals surface area contributed by atoms with E-state index in [-0.39, 0.29) is 6.10 Å². The molecule has 1 saturated heterocycles. The highest BCUT2D eigenvalue weighted by molar-refractivity contribution is 7.16. The minimum Gasteiger partial charge on any atom is -0.379 e. The van der Waals surface area contributed by atoms with Crippen LogP contribution in [0.15, 0.2) is 11.4 Å². The van der Waals surface area contributed by atoms with Crippen LogP contribution in [0.1, 0.15) is 19.2 Å². The number of aromatic nitrogens is 2. The number of fused-ring (bicyclic) bond motifs is 1. The molecule has 1 N–H and O–H groups in total. The van der Waals surface area contributed by atoms with E-state index < -0.39 is 0 Å². The first-order valence-corrected chi connectivity index (χ1v) is 7.42. The number of anilines is 1. The molecular formula is C13H17N3O2S. The van der Waals surface area contributed by atoms with Gasteiger partial charge in [-0.05, 0) is 24.8 Å². The summed E-state index contributed by atoms with van der Waals surface area (Å²) in [4.78, 5) is 10.1. The van der Waals surface area contributed by atoms with Crippen LogP contribution in [-0.2, 0) is 16.1 Å². The van der Waals surface area contributed by atoms with Gasteiger partial charge in [-0.2, -0.15) is 0 Å². The van der Waals surface area contributed by atoms with Gasteiger partial charge in [-0.15, -0.1) is 11.3 Å². The van der Waals surface area contributed by atoms with Gasteiger partial charge in [0.05, 0.1) is 18.1 Å². The SMILES string of the molecule is CCNc1nc(COC2CCOC2)nc2sccc12. The summed E-state index contributed by atoms with van der Waals surface area (Å²) in [6, 6.07) is 2.05. The predicted octanol–water partition coefficient (Wildman–Crippen LogP) is 2.43. The van der Waals surface area contributed by atoms with Crippen molar-refractivity contribution < 1.29 is 9.47 Å². The lowest BCUT2D eigenvalue weighted by Gasteiger charge is -2.10. The fourth-order valence-electron chi connectivity index (χ4n) is 2.10. The molecule has 0 spiro atoms. The molecule has 0 radical (unpaired) electrons. The van der Waals surface area contributed by atoms with Crippen molar-refractivity contribution in [3.63, 3.8) is 0 Å². The van der Waals surface area contributed by atoms with Crippen molar-refractivity contribution in [3.05, 3.63) is 17.3 Å². The minimum atomic E-state index is 0.185. The summed E-state index contributed by atoms with van der Waals surface area (Å²) < 4.78 is 11.1. The first-order chi connectivity index (χ1) is 9.36. The molecule has 102 valence electrons. The highest BCUT2D eigenvalue weighted by Gasteiger charge is 2.17. The molecule has 6 heteroatoms. The van der Waals surface area contributed by atoms with Gasteiger partial charge in [-0.3, -0.25) is 0 Å². The van der Waals surface area contributed by atoms with Crippen LogP contribution in [-0.4, -0.2) is 35.8 Å².